The Morgan fingerprint density at radius 1 is 1.43 bits per heavy atom. The van der Waals surface area contributed by atoms with E-state index in [-0.39, 0.29) is 5.82 Å². The van der Waals surface area contributed by atoms with Gasteiger partial charge >= 0.3 is 0 Å². The van der Waals surface area contributed by atoms with Gasteiger partial charge in [0, 0.05) is 12.2 Å². The Bertz CT molecular complexity index is 311. The second-order valence-corrected chi connectivity index (χ2v) is 3.47. The van der Waals surface area contributed by atoms with Crippen LogP contribution in [0.5, 0.6) is 0 Å². The van der Waals surface area contributed by atoms with Crippen LogP contribution in [-0.4, -0.2) is 6.54 Å². The molecule has 14 heavy (non-hydrogen) atoms. The summed E-state index contributed by atoms with van der Waals surface area (Å²) in [5.74, 6) is -0.199. The predicted molar refractivity (Wildman–Crippen MR) is 59.1 cm³/mol. The standard InChI is InChI=1S/C12H16FN/c1-4-9(2)8-14-12-6-10(3)5-11(13)7-12/h5-7,14H,2,4,8H2,1,3H3. The van der Waals surface area contributed by atoms with Crippen LogP contribution >= 0.6 is 0 Å². The third kappa shape index (κ3) is 3.21. The molecule has 0 aliphatic heterocycles. The highest BCUT2D eigenvalue weighted by atomic mass is 19.1. The Hall–Kier alpha value is -1.31. The molecule has 0 heterocycles. The van der Waals surface area contributed by atoms with Crippen molar-refractivity contribution in [2.45, 2.75) is 20.3 Å². The van der Waals surface area contributed by atoms with Crippen molar-refractivity contribution >= 4 is 5.69 Å². The molecule has 0 bridgehead atoms. The molecule has 0 aromatic heterocycles. The largest absolute Gasteiger partial charge is 0.381 e. The van der Waals surface area contributed by atoms with Crippen LogP contribution in [0.15, 0.2) is 30.4 Å². The monoisotopic (exact) mass is 193 g/mol. The maximum Gasteiger partial charge on any atom is 0.125 e. The van der Waals surface area contributed by atoms with Crippen molar-refractivity contribution in [3.8, 4) is 0 Å². The summed E-state index contributed by atoms with van der Waals surface area (Å²) in [6, 6.07) is 4.93. The Labute approximate surface area is 84.6 Å². The Kier molecular flexibility index (Phi) is 3.69. The second-order valence-electron chi connectivity index (χ2n) is 3.47. The zero-order valence-electron chi connectivity index (χ0n) is 8.73. The van der Waals surface area contributed by atoms with Crippen molar-refractivity contribution in [1.29, 1.82) is 0 Å². The molecule has 0 amide bonds. The lowest BCUT2D eigenvalue weighted by molar-refractivity contribution is 0.627. The Balaban J connectivity index is 2.63. The van der Waals surface area contributed by atoms with Crippen LogP contribution in [0.1, 0.15) is 18.9 Å². The molecular weight excluding hydrogens is 177 g/mol. The lowest BCUT2D eigenvalue weighted by Crippen LogP contribution is -2.03. The minimum absolute atomic E-state index is 0.199. The molecule has 2 heteroatoms. The molecule has 0 aliphatic carbocycles. The number of hydrogen-bond donors (Lipinski definition) is 1. The second kappa shape index (κ2) is 4.80. The highest BCUT2D eigenvalue weighted by Crippen LogP contribution is 2.13. The molecule has 0 fully saturated rings. The van der Waals surface area contributed by atoms with E-state index in [4.69, 9.17) is 0 Å². The molecule has 1 N–H and O–H groups in total. The first-order valence-electron chi connectivity index (χ1n) is 4.79. The van der Waals surface area contributed by atoms with E-state index in [0.717, 1.165) is 23.2 Å². The lowest BCUT2D eigenvalue weighted by Gasteiger charge is -2.08. The highest BCUT2D eigenvalue weighted by molar-refractivity contribution is 5.46. The normalized spacial score (nSPS) is 9.93. The third-order valence-corrected chi connectivity index (χ3v) is 2.08. The van der Waals surface area contributed by atoms with Gasteiger partial charge in [-0.05, 0) is 37.1 Å². The molecule has 0 aliphatic rings. The molecule has 0 radical (unpaired) electrons. The molecule has 76 valence electrons. The van der Waals surface area contributed by atoms with Crippen LogP contribution in [0.4, 0.5) is 10.1 Å². The molecule has 1 nitrogen and oxygen atoms in total. The minimum atomic E-state index is -0.199. The summed E-state index contributed by atoms with van der Waals surface area (Å²) in [4.78, 5) is 0. The van der Waals surface area contributed by atoms with Crippen molar-refractivity contribution in [2.24, 2.45) is 0 Å². The summed E-state index contributed by atoms with van der Waals surface area (Å²) < 4.78 is 13.0. The lowest BCUT2D eigenvalue weighted by atomic mass is 10.2. The molecule has 0 saturated heterocycles. The van der Waals surface area contributed by atoms with E-state index in [1.54, 1.807) is 0 Å². The van der Waals surface area contributed by atoms with Gasteiger partial charge in [-0.3, -0.25) is 0 Å². The van der Waals surface area contributed by atoms with Crippen LogP contribution in [0.25, 0.3) is 0 Å². The van der Waals surface area contributed by atoms with Crippen LogP contribution in [0.2, 0.25) is 0 Å². The summed E-state index contributed by atoms with van der Waals surface area (Å²) in [7, 11) is 0. The van der Waals surface area contributed by atoms with Gasteiger partial charge in [0.15, 0.2) is 0 Å². The van der Waals surface area contributed by atoms with Gasteiger partial charge in [0.25, 0.3) is 0 Å². The first-order valence-corrected chi connectivity index (χ1v) is 4.79. The Morgan fingerprint density at radius 3 is 2.71 bits per heavy atom. The smallest absolute Gasteiger partial charge is 0.125 e. The van der Waals surface area contributed by atoms with Gasteiger partial charge < -0.3 is 5.32 Å². The van der Waals surface area contributed by atoms with Crippen molar-refractivity contribution < 1.29 is 4.39 Å². The van der Waals surface area contributed by atoms with E-state index in [9.17, 15) is 4.39 Å². The zero-order valence-corrected chi connectivity index (χ0v) is 8.73. The van der Waals surface area contributed by atoms with Crippen molar-refractivity contribution in [3.63, 3.8) is 0 Å². The van der Waals surface area contributed by atoms with Crippen molar-refractivity contribution in [2.75, 3.05) is 11.9 Å². The fourth-order valence-electron chi connectivity index (χ4n) is 1.19. The van der Waals surface area contributed by atoms with Crippen LogP contribution in [0.3, 0.4) is 0 Å². The molecule has 1 rings (SSSR count). The van der Waals surface area contributed by atoms with Crippen LogP contribution < -0.4 is 5.32 Å². The molecule has 0 spiro atoms. The van der Waals surface area contributed by atoms with Gasteiger partial charge in [-0.2, -0.15) is 0 Å². The number of rotatable bonds is 4. The number of benzene rings is 1. The predicted octanol–water partition coefficient (Wildman–Crippen LogP) is 3.51. The summed E-state index contributed by atoms with van der Waals surface area (Å²) in [5, 5.41) is 3.14. The van der Waals surface area contributed by atoms with E-state index >= 15 is 0 Å². The quantitative estimate of drug-likeness (QED) is 0.721. The summed E-state index contributed by atoms with van der Waals surface area (Å²) in [5.41, 5.74) is 2.86. The first-order chi connectivity index (χ1) is 6.61. The summed E-state index contributed by atoms with van der Waals surface area (Å²) >= 11 is 0. The van der Waals surface area contributed by atoms with E-state index in [1.807, 2.05) is 13.0 Å². The van der Waals surface area contributed by atoms with Crippen molar-refractivity contribution in [1.82, 2.24) is 0 Å². The number of hydrogen-bond acceptors (Lipinski definition) is 1. The number of anilines is 1. The summed E-state index contributed by atoms with van der Waals surface area (Å²) in [6.07, 6.45) is 0.946. The van der Waals surface area contributed by atoms with Gasteiger partial charge in [0.05, 0.1) is 0 Å². The average Bonchev–Trinajstić information content (AvgIpc) is 2.12. The van der Waals surface area contributed by atoms with Crippen molar-refractivity contribution in [3.05, 3.63) is 41.7 Å². The molecule has 0 unspecified atom stereocenters. The zero-order chi connectivity index (χ0) is 10.6. The minimum Gasteiger partial charge on any atom is -0.381 e. The maximum atomic E-state index is 13.0. The average molecular weight is 193 g/mol. The van der Waals surface area contributed by atoms with Gasteiger partial charge in [-0.15, -0.1) is 0 Å². The fourth-order valence-corrected chi connectivity index (χ4v) is 1.19. The van der Waals surface area contributed by atoms with E-state index in [2.05, 4.69) is 18.8 Å². The summed E-state index contributed by atoms with van der Waals surface area (Å²) in [6.45, 7) is 8.52. The molecule has 0 atom stereocenters. The van der Waals surface area contributed by atoms with Gasteiger partial charge in [0.1, 0.15) is 5.82 Å². The van der Waals surface area contributed by atoms with E-state index in [0.29, 0.717) is 6.54 Å². The topological polar surface area (TPSA) is 12.0 Å². The third-order valence-electron chi connectivity index (χ3n) is 2.08. The highest BCUT2D eigenvalue weighted by Gasteiger charge is 1.97. The van der Waals surface area contributed by atoms with Gasteiger partial charge in [-0.1, -0.05) is 19.1 Å². The van der Waals surface area contributed by atoms with Gasteiger partial charge in [0.2, 0.25) is 0 Å². The SMILES string of the molecule is C=C(CC)CNc1cc(C)cc(F)c1. The number of nitrogens with one attached hydrogen (secondary N) is 1. The van der Waals surface area contributed by atoms with Crippen LogP contribution in [-0.2, 0) is 0 Å². The van der Waals surface area contributed by atoms with E-state index < -0.39 is 0 Å². The Morgan fingerprint density at radius 2 is 2.14 bits per heavy atom. The molecule has 1 aromatic carbocycles. The van der Waals surface area contributed by atoms with Crippen LogP contribution in [0, 0.1) is 12.7 Å². The number of halogens is 1. The molecule has 1 aromatic rings. The first kappa shape index (κ1) is 10.8. The molecular formula is C12H16FN. The maximum absolute atomic E-state index is 13.0. The molecule has 0 saturated carbocycles. The van der Waals surface area contributed by atoms with Gasteiger partial charge in [-0.25, -0.2) is 4.39 Å². The number of aryl methyl sites for hydroxylation is 1. The van der Waals surface area contributed by atoms with E-state index in [1.165, 1.54) is 12.1 Å². The fraction of sp³-hybridized carbons (Fsp3) is 0.333.